The first-order chi connectivity index (χ1) is 27.7. The number of hydrogen-bond donors (Lipinski definition) is 0. The molecule has 1 N–H and O–H groups in total. The van der Waals surface area contributed by atoms with Gasteiger partial charge >= 0.3 is 18.9 Å². The molecule has 2 heterocycles. The number of pyridine rings is 1. The quantitative estimate of drug-likeness (QED) is 0.171. The summed E-state index contributed by atoms with van der Waals surface area (Å²) >= 11 is 0. The number of rotatable bonds is 3. The fourth-order valence-electron chi connectivity index (χ4n) is 8.90. The Morgan fingerprint density at radius 3 is 1.43 bits per heavy atom. The van der Waals surface area contributed by atoms with E-state index >= 15 is 0 Å². The summed E-state index contributed by atoms with van der Waals surface area (Å²) in [5.74, 6) is 2.09. The second kappa shape index (κ2) is 14.2. The van der Waals surface area contributed by atoms with E-state index in [0.717, 1.165) is 27.5 Å². The van der Waals surface area contributed by atoms with Gasteiger partial charge in [0.2, 0.25) is 5.52 Å². The van der Waals surface area contributed by atoms with E-state index in [2.05, 4.69) is 160 Å². The predicted molar refractivity (Wildman–Crippen MR) is 229 cm³/mol. The van der Waals surface area contributed by atoms with E-state index in [1.165, 1.54) is 49.9 Å². The number of nitrogens with zero attached hydrogens (tertiary/aromatic N) is 3. The Balaban J connectivity index is 0.000000314. The molecule has 274 valence electrons. The summed E-state index contributed by atoms with van der Waals surface area (Å²) in [6.45, 7) is 9.24. The summed E-state index contributed by atoms with van der Waals surface area (Å²) in [7, 11) is 0. The second-order valence-electron chi connectivity index (χ2n) is 16.1. The number of aromatic nitrogens is 4. The molecule has 0 saturated heterocycles. The molecule has 6 heteroatoms. The monoisotopic (exact) mass is 743 g/mol. The second-order valence-corrected chi connectivity index (χ2v) is 16.1. The molecule has 0 bridgehead atoms. The molecule has 9 aromatic rings. The zero-order valence-corrected chi connectivity index (χ0v) is 33.3. The van der Waals surface area contributed by atoms with Crippen molar-refractivity contribution in [3.05, 3.63) is 186 Å². The van der Waals surface area contributed by atoms with E-state index in [0.29, 0.717) is 23.0 Å². The van der Waals surface area contributed by atoms with Crippen molar-refractivity contribution in [2.45, 2.75) is 38.5 Å². The van der Waals surface area contributed by atoms with Crippen LogP contribution in [0, 0.1) is 0 Å². The van der Waals surface area contributed by atoms with Gasteiger partial charge in [-0.2, -0.15) is 0 Å². The number of H-pyrrole nitrogens is 1. The van der Waals surface area contributed by atoms with E-state index in [-0.39, 0.29) is 35.4 Å². The van der Waals surface area contributed by atoms with Gasteiger partial charge in [-0.3, -0.25) is 0 Å². The van der Waals surface area contributed by atoms with Crippen molar-refractivity contribution in [3.63, 3.8) is 0 Å². The third-order valence-electron chi connectivity index (χ3n) is 12.0. The molecule has 7 aromatic carbocycles. The summed E-state index contributed by atoms with van der Waals surface area (Å²) in [5, 5.41) is 14.5. The number of para-hydroxylation sites is 1. The topological polar surface area (TPSA) is 75.9 Å². The summed E-state index contributed by atoms with van der Waals surface area (Å²) in [6, 6.07) is 54.8. The van der Waals surface area contributed by atoms with Gasteiger partial charge < -0.3 is 5.11 Å². The fourth-order valence-corrected chi connectivity index (χ4v) is 8.90. The SMILES string of the molecule is CC1(C)c2ccccc2-c2ccc(-c3nc(-c4ccc5c(c4)C(C)(C)c4ccccc4-5)nc(-c4ccc5ccccc5c4)n3)cc21.[Li+].[O-]c1cccc2ccc[nH+]c12. The number of nitrogens with one attached hydrogen (secondary N) is 1. The minimum atomic E-state index is -0.112. The molecular weight excluding hydrogens is 704 g/mol. The number of hydrogen-bond acceptors (Lipinski definition) is 4. The predicted octanol–water partition coefficient (Wildman–Crippen LogP) is 8.37. The van der Waals surface area contributed by atoms with Crippen LogP contribution in [-0.4, -0.2) is 15.0 Å². The molecule has 0 amide bonds. The maximum atomic E-state index is 11.1. The van der Waals surface area contributed by atoms with E-state index in [1.54, 1.807) is 18.3 Å². The average molecular weight is 744 g/mol. The molecule has 11 rings (SSSR count). The van der Waals surface area contributed by atoms with Crippen LogP contribution in [0.5, 0.6) is 5.75 Å². The van der Waals surface area contributed by atoms with Crippen molar-refractivity contribution in [2.75, 3.05) is 0 Å². The Morgan fingerprint density at radius 2 is 0.862 bits per heavy atom. The maximum absolute atomic E-state index is 11.1. The maximum Gasteiger partial charge on any atom is 1.00 e. The van der Waals surface area contributed by atoms with Gasteiger partial charge in [0.25, 0.3) is 0 Å². The van der Waals surface area contributed by atoms with Crippen LogP contribution in [0.25, 0.3) is 78.1 Å². The molecule has 0 saturated carbocycles. The smallest absolute Gasteiger partial charge is 0.868 e. The van der Waals surface area contributed by atoms with Crippen LogP contribution >= 0.6 is 0 Å². The number of fused-ring (bicyclic) bond motifs is 8. The normalized spacial score (nSPS) is 13.7. The van der Waals surface area contributed by atoms with Crippen molar-refractivity contribution in [2.24, 2.45) is 0 Å². The van der Waals surface area contributed by atoms with Crippen LogP contribution in [0.1, 0.15) is 49.9 Å². The van der Waals surface area contributed by atoms with Crippen molar-refractivity contribution >= 4 is 21.7 Å². The van der Waals surface area contributed by atoms with Gasteiger partial charge in [-0.15, -0.1) is 0 Å². The van der Waals surface area contributed by atoms with Crippen LogP contribution in [0.3, 0.4) is 0 Å². The fraction of sp³-hybridized carbons (Fsp3) is 0.115. The molecule has 0 unspecified atom stereocenters. The Hall–Kier alpha value is -6.38. The van der Waals surface area contributed by atoms with E-state index in [9.17, 15) is 5.11 Å². The average Bonchev–Trinajstić information content (AvgIpc) is 3.62. The molecule has 5 nitrogen and oxygen atoms in total. The standard InChI is InChI=1S/C43H33N3.C9H7NO.Li/c1-42(2)35-15-9-7-13-31(35)33-21-19-29(24-37(33)42)40-44-39(28-18-17-26-11-5-6-12-27(26)23-28)45-41(46-40)30-20-22-34-32-14-8-10-16-36(32)43(3,4)38(34)25-30;11-8-5-1-3-7-4-2-6-10-9(7)8;/h5-25H,1-4H3;1-6,11H;/q;;+1. The molecule has 2 aliphatic rings. The summed E-state index contributed by atoms with van der Waals surface area (Å²) in [6.07, 6.45) is 1.75. The van der Waals surface area contributed by atoms with Crippen molar-refractivity contribution < 1.29 is 29.0 Å². The molecule has 0 fully saturated rings. The van der Waals surface area contributed by atoms with Gasteiger partial charge in [-0.05, 0) is 91.4 Å². The van der Waals surface area contributed by atoms with Gasteiger partial charge in [0.15, 0.2) is 23.7 Å². The zero-order valence-electron chi connectivity index (χ0n) is 33.3. The molecule has 0 radical (unpaired) electrons. The third-order valence-corrected chi connectivity index (χ3v) is 12.0. The first-order valence-corrected chi connectivity index (χ1v) is 19.5. The zero-order chi connectivity index (χ0) is 38.9. The Labute approximate surface area is 350 Å². The third kappa shape index (κ3) is 6.10. The van der Waals surface area contributed by atoms with Gasteiger partial charge in [0.05, 0.1) is 0 Å². The van der Waals surface area contributed by atoms with Gasteiger partial charge in [-0.1, -0.05) is 149 Å². The first-order valence-electron chi connectivity index (χ1n) is 19.5. The van der Waals surface area contributed by atoms with Crippen LogP contribution in [-0.2, 0) is 10.8 Å². The van der Waals surface area contributed by atoms with E-state index < -0.39 is 0 Å². The Morgan fingerprint density at radius 1 is 0.414 bits per heavy atom. The molecule has 58 heavy (non-hydrogen) atoms. The van der Waals surface area contributed by atoms with Gasteiger partial charge in [-0.25, -0.2) is 19.9 Å². The molecule has 2 aliphatic carbocycles. The first kappa shape index (κ1) is 37.2. The van der Waals surface area contributed by atoms with Crippen LogP contribution in [0.15, 0.2) is 164 Å². The molecule has 0 spiro atoms. The molecule has 0 atom stereocenters. The largest absolute Gasteiger partial charge is 1.00 e. The van der Waals surface area contributed by atoms with E-state index in [1.807, 2.05) is 18.2 Å². The van der Waals surface area contributed by atoms with Gasteiger partial charge in [0, 0.05) is 39.0 Å². The number of aromatic amines is 1. The minimum Gasteiger partial charge on any atom is -0.868 e. The van der Waals surface area contributed by atoms with Crippen molar-refractivity contribution in [1.82, 2.24) is 15.0 Å². The van der Waals surface area contributed by atoms with Crippen LogP contribution in [0.2, 0.25) is 0 Å². The van der Waals surface area contributed by atoms with Crippen LogP contribution in [0.4, 0.5) is 0 Å². The molecule has 0 aliphatic heterocycles. The molecule has 2 aromatic heterocycles. The minimum absolute atomic E-state index is 0. The van der Waals surface area contributed by atoms with Crippen molar-refractivity contribution in [1.29, 1.82) is 0 Å². The van der Waals surface area contributed by atoms with Gasteiger partial charge in [0.1, 0.15) is 0 Å². The summed E-state index contributed by atoms with van der Waals surface area (Å²) in [4.78, 5) is 18.4. The van der Waals surface area contributed by atoms with E-state index in [4.69, 9.17) is 15.0 Å². The summed E-state index contributed by atoms with van der Waals surface area (Å²) in [5.41, 5.74) is 13.9. The summed E-state index contributed by atoms with van der Waals surface area (Å²) < 4.78 is 0. The van der Waals surface area contributed by atoms with Crippen LogP contribution < -0.4 is 29.0 Å². The van der Waals surface area contributed by atoms with Crippen molar-refractivity contribution in [3.8, 4) is 62.2 Å². The number of benzene rings is 7. The Kier molecular flexibility index (Phi) is 9.12. The molecular formula is C52H40LiN4O+. The Bertz CT molecular complexity index is 2930.